The van der Waals surface area contributed by atoms with Gasteiger partial charge in [-0.25, -0.2) is 9.67 Å². The van der Waals surface area contributed by atoms with E-state index < -0.39 is 0 Å². The van der Waals surface area contributed by atoms with E-state index in [-0.39, 0.29) is 12.5 Å². The molecule has 0 aliphatic heterocycles. The van der Waals surface area contributed by atoms with Crippen molar-refractivity contribution in [3.8, 4) is 0 Å². The van der Waals surface area contributed by atoms with Crippen molar-refractivity contribution in [3.63, 3.8) is 0 Å². The summed E-state index contributed by atoms with van der Waals surface area (Å²) in [5, 5.41) is 13.2. The lowest BCUT2D eigenvalue weighted by atomic mass is 10.1. The molecule has 1 aromatic carbocycles. The van der Waals surface area contributed by atoms with Crippen molar-refractivity contribution in [3.05, 3.63) is 69.0 Å². The van der Waals surface area contributed by atoms with Gasteiger partial charge in [-0.1, -0.05) is 39.7 Å². The molecule has 1 aliphatic rings. The van der Waals surface area contributed by atoms with Crippen LogP contribution in [0.3, 0.4) is 0 Å². The predicted octanol–water partition coefficient (Wildman–Crippen LogP) is 4.92. The molecule has 1 N–H and O–H groups in total. The third kappa shape index (κ3) is 4.22. The molecule has 5 rings (SSSR count). The normalized spacial score (nSPS) is 13.6. The standard InChI is InChI=1S/C22H20BrClN6O/c1-13-20-17(15-4-5-15)8-9-25-22(20)30(27-13)12-19(31)26-21-18(24)11-29(28-21)10-14-2-6-16(23)7-3-14/h2-3,6-9,11,15H,4-5,10,12H2,1H3,(H,26,28,31). The second-order valence-electron chi connectivity index (χ2n) is 7.81. The first-order valence-corrected chi connectivity index (χ1v) is 11.2. The maximum Gasteiger partial charge on any atom is 0.247 e. The summed E-state index contributed by atoms with van der Waals surface area (Å²) >= 11 is 9.73. The predicted molar refractivity (Wildman–Crippen MR) is 123 cm³/mol. The van der Waals surface area contributed by atoms with Crippen LogP contribution in [0.2, 0.25) is 5.02 Å². The summed E-state index contributed by atoms with van der Waals surface area (Å²) in [6.45, 7) is 2.56. The summed E-state index contributed by atoms with van der Waals surface area (Å²) < 4.78 is 4.37. The minimum Gasteiger partial charge on any atom is -0.306 e. The van der Waals surface area contributed by atoms with Crippen LogP contribution in [0.4, 0.5) is 5.82 Å². The molecule has 31 heavy (non-hydrogen) atoms. The zero-order valence-electron chi connectivity index (χ0n) is 16.8. The first-order chi connectivity index (χ1) is 15.0. The molecule has 3 aromatic heterocycles. The summed E-state index contributed by atoms with van der Waals surface area (Å²) in [4.78, 5) is 17.2. The van der Waals surface area contributed by atoms with Gasteiger partial charge in [0.05, 0.1) is 12.2 Å². The van der Waals surface area contributed by atoms with Gasteiger partial charge in [-0.3, -0.25) is 9.48 Å². The molecular weight excluding hydrogens is 480 g/mol. The molecule has 0 spiro atoms. The molecule has 7 nitrogen and oxygen atoms in total. The maximum atomic E-state index is 12.7. The lowest BCUT2D eigenvalue weighted by Gasteiger charge is -2.05. The average molecular weight is 500 g/mol. The summed E-state index contributed by atoms with van der Waals surface area (Å²) in [6.07, 6.45) is 5.90. The van der Waals surface area contributed by atoms with E-state index in [0.717, 1.165) is 26.8 Å². The van der Waals surface area contributed by atoms with Gasteiger partial charge in [0, 0.05) is 22.3 Å². The van der Waals surface area contributed by atoms with E-state index in [2.05, 4.69) is 42.5 Å². The van der Waals surface area contributed by atoms with Crippen LogP contribution in [0, 0.1) is 6.92 Å². The molecule has 0 bridgehead atoms. The first kappa shape index (κ1) is 20.2. The second-order valence-corrected chi connectivity index (χ2v) is 9.14. The lowest BCUT2D eigenvalue weighted by molar-refractivity contribution is -0.116. The number of nitrogens with one attached hydrogen (secondary N) is 1. The number of aromatic nitrogens is 5. The van der Waals surface area contributed by atoms with Gasteiger partial charge in [-0.2, -0.15) is 10.2 Å². The second kappa shape index (κ2) is 8.09. The number of hydrogen-bond acceptors (Lipinski definition) is 4. The van der Waals surface area contributed by atoms with Crippen LogP contribution in [-0.2, 0) is 17.9 Å². The molecule has 158 valence electrons. The van der Waals surface area contributed by atoms with Crippen molar-refractivity contribution in [1.29, 1.82) is 0 Å². The Hall–Kier alpha value is -2.71. The van der Waals surface area contributed by atoms with Gasteiger partial charge in [0.25, 0.3) is 0 Å². The van der Waals surface area contributed by atoms with E-state index in [4.69, 9.17) is 11.6 Å². The number of benzene rings is 1. The Balaban J connectivity index is 1.31. The topological polar surface area (TPSA) is 77.6 Å². The summed E-state index contributed by atoms with van der Waals surface area (Å²) in [5.41, 5.74) is 4.00. The highest BCUT2D eigenvalue weighted by molar-refractivity contribution is 9.10. The molecule has 1 fully saturated rings. The molecule has 0 radical (unpaired) electrons. The van der Waals surface area contributed by atoms with Crippen molar-refractivity contribution in [2.45, 2.75) is 38.8 Å². The molecule has 4 aromatic rings. The highest BCUT2D eigenvalue weighted by Crippen LogP contribution is 2.43. The highest BCUT2D eigenvalue weighted by Gasteiger charge is 2.27. The third-order valence-electron chi connectivity index (χ3n) is 5.38. The minimum absolute atomic E-state index is 0.0430. The van der Waals surface area contributed by atoms with E-state index in [1.807, 2.05) is 31.2 Å². The monoisotopic (exact) mass is 498 g/mol. The summed E-state index contributed by atoms with van der Waals surface area (Å²) in [6, 6.07) is 10.0. The number of anilines is 1. The molecule has 1 saturated carbocycles. The molecular formula is C22H20BrClN6O. The molecule has 3 heterocycles. The number of carbonyl (C=O) groups excluding carboxylic acids is 1. The van der Waals surface area contributed by atoms with E-state index >= 15 is 0 Å². The summed E-state index contributed by atoms with van der Waals surface area (Å²) in [5.74, 6) is 0.673. The van der Waals surface area contributed by atoms with Crippen LogP contribution < -0.4 is 5.32 Å². The fourth-order valence-electron chi connectivity index (χ4n) is 3.80. The maximum absolute atomic E-state index is 12.7. The number of carbonyl (C=O) groups is 1. The average Bonchev–Trinajstić information content (AvgIpc) is 3.47. The number of hydrogen-bond donors (Lipinski definition) is 1. The number of rotatable bonds is 6. The van der Waals surface area contributed by atoms with Crippen molar-refractivity contribution >= 4 is 50.3 Å². The number of halogens is 2. The Morgan fingerprint density at radius 1 is 1.23 bits per heavy atom. The van der Waals surface area contributed by atoms with Crippen LogP contribution in [0.25, 0.3) is 11.0 Å². The molecule has 1 aliphatic carbocycles. The number of fused-ring (bicyclic) bond motifs is 1. The van der Waals surface area contributed by atoms with E-state index in [0.29, 0.717) is 23.3 Å². The zero-order chi connectivity index (χ0) is 21.5. The van der Waals surface area contributed by atoms with Gasteiger partial charge in [-0.15, -0.1) is 0 Å². The van der Waals surface area contributed by atoms with E-state index in [1.54, 1.807) is 21.8 Å². The van der Waals surface area contributed by atoms with Gasteiger partial charge >= 0.3 is 0 Å². The van der Waals surface area contributed by atoms with Crippen LogP contribution >= 0.6 is 27.5 Å². The SMILES string of the molecule is Cc1nn(CC(=O)Nc2nn(Cc3ccc(Br)cc3)cc2Cl)c2nccc(C3CC3)c12. The van der Waals surface area contributed by atoms with E-state index in [1.165, 1.54) is 18.4 Å². The zero-order valence-corrected chi connectivity index (χ0v) is 19.2. The fraction of sp³-hybridized carbons (Fsp3) is 0.273. The smallest absolute Gasteiger partial charge is 0.247 e. The van der Waals surface area contributed by atoms with Gasteiger partial charge < -0.3 is 5.32 Å². The number of pyridine rings is 1. The minimum atomic E-state index is -0.251. The molecule has 0 saturated heterocycles. The number of amides is 1. The number of nitrogens with zero attached hydrogens (tertiary/aromatic N) is 5. The van der Waals surface area contributed by atoms with Crippen LogP contribution in [-0.4, -0.2) is 30.5 Å². The van der Waals surface area contributed by atoms with Crippen molar-refractivity contribution < 1.29 is 4.79 Å². The van der Waals surface area contributed by atoms with Crippen LogP contribution in [0.5, 0.6) is 0 Å². The molecule has 1 amide bonds. The Morgan fingerprint density at radius 3 is 2.74 bits per heavy atom. The summed E-state index contributed by atoms with van der Waals surface area (Å²) in [7, 11) is 0. The number of aryl methyl sites for hydroxylation is 1. The van der Waals surface area contributed by atoms with Crippen molar-refractivity contribution in [2.24, 2.45) is 0 Å². The van der Waals surface area contributed by atoms with Crippen LogP contribution in [0.1, 0.15) is 35.6 Å². The quantitative estimate of drug-likeness (QED) is 0.409. The third-order valence-corrected chi connectivity index (χ3v) is 6.19. The van der Waals surface area contributed by atoms with Gasteiger partial charge in [0.2, 0.25) is 5.91 Å². The highest BCUT2D eigenvalue weighted by atomic mass is 79.9. The van der Waals surface area contributed by atoms with Gasteiger partial charge in [0.15, 0.2) is 11.5 Å². The van der Waals surface area contributed by atoms with Gasteiger partial charge in [-0.05, 0) is 55.0 Å². The Morgan fingerprint density at radius 2 is 2.00 bits per heavy atom. The van der Waals surface area contributed by atoms with Gasteiger partial charge in [0.1, 0.15) is 11.6 Å². The van der Waals surface area contributed by atoms with Crippen molar-refractivity contribution in [1.82, 2.24) is 24.5 Å². The lowest BCUT2D eigenvalue weighted by Crippen LogP contribution is -2.20. The molecule has 9 heteroatoms. The van der Waals surface area contributed by atoms with Crippen LogP contribution in [0.15, 0.2) is 47.2 Å². The fourth-order valence-corrected chi connectivity index (χ4v) is 4.26. The molecule has 0 atom stereocenters. The van der Waals surface area contributed by atoms with Crippen molar-refractivity contribution in [2.75, 3.05) is 5.32 Å². The molecule has 0 unspecified atom stereocenters. The largest absolute Gasteiger partial charge is 0.306 e. The Bertz CT molecular complexity index is 1280. The Labute approximate surface area is 192 Å². The first-order valence-electron chi connectivity index (χ1n) is 10.1. The Kier molecular flexibility index (Phi) is 5.27. The van der Waals surface area contributed by atoms with E-state index in [9.17, 15) is 4.79 Å².